The number of halogens is 1. The highest BCUT2D eigenvalue weighted by atomic mass is 79.9. The molecule has 1 aliphatic carbocycles. The summed E-state index contributed by atoms with van der Waals surface area (Å²) in [6.45, 7) is 0. The topological polar surface area (TPSA) is 26.3 Å². The van der Waals surface area contributed by atoms with E-state index in [1.54, 1.807) is 7.11 Å². The average Bonchev–Trinajstić information content (AvgIpc) is 2.48. The zero-order chi connectivity index (χ0) is 12.3. The highest BCUT2D eigenvalue weighted by molar-refractivity contribution is 9.09. The van der Waals surface area contributed by atoms with E-state index in [-0.39, 0.29) is 11.7 Å². The molecular weight excluding hydrogens is 280 g/mol. The van der Waals surface area contributed by atoms with E-state index in [0.717, 1.165) is 28.6 Å². The third-order valence-electron chi connectivity index (χ3n) is 3.09. The summed E-state index contributed by atoms with van der Waals surface area (Å²) in [7, 11) is 1.67. The summed E-state index contributed by atoms with van der Waals surface area (Å²) in [4.78, 5) is 12.1. The summed E-state index contributed by atoms with van der Waals surface area (Å²) in [6, 6.07) is 7.70. The predicted molar refractivity (Wildman–Crippen MR) is 72.3 cm³/mol. The lowest BCUT2D eigenvalue weighted by Crippen LogP contribution is -2.11. The Morgan fingerprint density at radius 2 is 2.18 bits per heavy atom. The first-order valence-electron chi connectivity index (χ1n) is 5.70. The maximum atomic E-state index is 12.1. The van der Waals surface area contributed by atoms with Gasteiger partial charge in [-0.3, -0.25) is 4.79 Å². The Bertz CT molecular complexity index is 451. The number of Topliss-reactive ketones (excluding diaryl/α,β-unsaturated/α-hetero) is 1. The van der Waals surface area contributed by atoms with Crippen molar-refractivity contribution in [1.29, 1.82) is 0 Å². The van der Waals surface area contributed by atoms with Crippen LogP contribution in [0.1, 0.15) is 28.8 Å². The molecule has 0 N–H and O–H groups in total. The summed E-state index contributed by atoms with van der Waals surface area (Å²) in [5.74, 6) is 1.29. The Balaban J connectivity index is 2.42. The zero-order valence-corrected chi connectivity index (χ0v) is 11.4. The van der Waals surface area contributed by atoms with Gasteiger partial charge < -0.3 is 4.74 Å². The number of benzene rings is 1. The van der Waals surface area contributed by atoms with Gasteiger partial charge in [-0.25, -0.2) is 0 Å². The number of hydrogen-bond donors (Lipinski definition) is 0. The molecule has 0 aromatic heterocycles. The molecule has 1 aliphatic rings. The number of rotatable bonds is 3. The number of fused-ring (bicyclic) bond motifs is 1. The van der Waals surface area contributed by atoms with Crippen LogP contribution in [0.2, 0.25) is 0 Å². The summed E-state index contributed by atoms with van der Waals surface area (Å²) in [5.41, 5.74) is 1.77. The largest absolute Gasteiger partial charge is 0.501 e. The Morgan fingerprint density at radius 3 is 2.88 bits per heavy atom. The Hall–Kier alpha value is -1.09. The van der Waals surface area contributed by atoms with E-state index in [2.05, 4.69) is 15.9 Å². The maximum Gasteiger partial charge on any atom is 0.164 e. The molecule has 0 aliphatic heterocycles. The highest BCUT2D eigenvalue weighted by Gasteiger charge is 2.24. The van der Waals surface area contributed by atoms with Crippen molar-refractivity contribution in [3.8, 4) is 0 Å². The van der Waals surface area contributed by atoms with Crippen LogP contribution in [-0.4, -0.2) is 18.2 Å². The van der Waals surface area contributed by atoms with Crippen molar-refractivity contribution in [1.82, 2.24) is 0 Å². The molecule has 1 unspecified atom stereocenters. The number of ketones is 1. The van der Waals surface area contributed by atoms with Crippen LogP contribution in [0.5, 0.6) is 0 Å². The minimum Gasteiger partial charge on any atom is -0.501 e. The summed E-state index contributed by atoms with van der Waals surface area (Å²) < 4.78 is 5.43. The smallest absolute Gasteiger partial charge is 0.164 e. The van der Waals surface area contributed by atoms with Crippen molar-refractivity contribution in [3.05, 3.63) is 41.2 Å². The standard InChI is InChI=1S/C14H15BrO2/c1-17-14-9-10-4-2-3-5-12(10)13(16)8-11(14)6-7-15/h2-5,9,11H,6-8H2,1H3. The van der Waals surface area contributed by atoms with Crippen molar-refractivity contribution >= 4 is 27.8 Å². The lowest BCUT2D eigenvalue weighted by Gasteiger charge is -2.15. The second-order valence-electron chi connectivity index (χ2n) is 4.14. The minimum absolute atomic E-state index is 0.180. The molecule has 0 heterocycles. The molecular formula is C14H15BrO2. The van der Waals surface area contributed by atoms with E-state index >= 15 is 0 Å². The van der Waals surface area contributed by atoms with E-state index in [9.17, 15) is 4.79 Å². The number of ether oxygens (including phenoxy) is 1. The third-order valence-corrected chi connectivity index (χ3v) is 3.54. The Labute approximate surface area is 110 Å². The van der Waals surface area contributed by atoms with Crippen LogP contribution >= 0.6 is 15.9 Å². The average molecular weight is 295 g/mol. The molecule has 1 aromatic carbocycles. The number of hydrogen-bond acceptors (Lipinski definition) is 2. The molecule has 2 nitrogen and oxygen atoms in total. The van der Waals surface area contributed by atoms with Crippen LogP contribution in [0, 0.1) is 5.92 Å². The van der Waals surface area contributed by atoms with E-state index in [0.29, 0.717) is 6.42 Å². The molecule has 1 aromatic rings. The molecule has 0 fully saturated rings. The second kappa shape index (κ2) is 5.50. The van der Waals surface area contributed by atoms with Crippen molar-refractivity contribution in [2.45, 2.75) is 12.8 Å². The first-order chi connectivity index (χ1) is 8.26. The van der Waals surface area contributed by atoms with E-state index in [4.69, 9.17) is 4.74 Å². The van der Waals surface area contributed by atoms with Gasteiger partial charge in [-0.1, -0.05) is 40.2 Å². The molecule has 0 saturated carbocycles. The van der Waals surface area contributed by atoms with Crippen molar-refractivity contribution in [2.24, 2.45) is 5.92 Å². The monoisotopic (exact) mass is 294 g/mol. The first-order valence-corrected chi connectivity index (χ1v) is 6.82. The summed E-state index contributed by atoms with van der Waals surface area (Å²) in [5, 5.41) is 0.877. The van der Waals surface area contributed by atoms with Crippen LogP contribution in [0.15, 0.2) is 30.0 Å². The fourth-order valence-corrected chi connectivity index (χ4v) is 2.74. The van der Waals surface area contributed by atoms with E-state index in [1.807, 2.05) is 30.3 Å². The quantitative estimate of drug-likeness (QED) is 0.795. The summed E-state index contributed by atoms with van der Waals surface area (Å²) >= 11 is 3.43. The van der Waals surface area contributed by atoms with Crippen molar-refractivity contribution < 1.29 is 9.53 Å². The van der Waals surface area contributed by atoms with Crippen LogP contribution in [0.25, 0.3) is 6.08 Å². The highest BCUT2D eigenvalue weighted by Crippen LogP contribution is 2.30. The van der Waals surface area contributed by atoms with Gasteiger partial charge in [-0.15, -0.1) is 0 Å². The van der Waals surface area contributed by atoms with Crippen molar-refractivity contribution in [3.63, 3.8) is 0 Å². The van der Waals surface area contributed by atoms with Gasteiger partial charge in [0.25, 0.3) is 0 Å². The van der Waals surface area contributed by atoms with Crippen LogP contribution in [0.3, 0.4) is 0 Å². The number of carbonyl (C=O) groups is 1. The van der Waals surface area contributed by atoms with E-state index in [1.165, 1.54) is 0 Å². The Morgan fingerprint density at radius 1 is 1.41 bits per heavy atom. The number of carbonyl (C=O) groups excluding carboxylic acids is 1. The molecule has 0 spiro atoms. The predicted octanol–water partition coefficient (Wildman–Crippen LogP) is 3.66. The van der Waals surface area contributed by atoms with Gasteiger partial charge in [0.15, 0.2) is 5.78 Å². The molecule has 3 heteroatoms. The van der Waals surface area contributed by atoms with Gasteiger partial charge in [0, 0.05) is 23.2 Å². The van der Waals surface area contributed by atoms with Gasteiger partial charge in [0.1, 0.15) is 0 Å². The fraction of sp³-hybridized carbons (Fsp3) is 0.357. The van der Waals surface area contributed by atoms with E-state index < -0.39 is 0 Å². The lowest BCUT2D eigenvalue weighted by molar-refractivity contribution is 0.0954. The molecule has 17 heavy (non-hydrogen) atoms. The number of methoxy groups -OCH3 is 1. The lowest BCUT2D eigenvalue weighted by atomic mass is 9.97. The van der Waals surface area contributed by atoms with Crippen LogP contribution in [-0.2, 0) is 4.74 Å². The van der Waals surface area contributed by atoms with Gasteiger partial charge in [0.2, 0.25) is 0 Å². The van der Waals surface area contributed by atoms with Crippen molar-refractivity contribution in [2.75, 3.05) is 12.4 Å². The number of allylic oxidation sites excluding steroid dienone is 1. The molecule has 90 valence electrons. The fourth-order valence-electron chi connectivity index (χ4n) is 2.18. The van der Waals surface area contributed by atoms with Crippen LogP contribution in [0.4, 0.5) is 0 Å². The van der Waals surface area contributed by atoms with Gasteiger partial charge in [0.05, 0.1) is 12.9 Å². The molecule has 0 bridgehead atoms. The third kappa shape index (κ3) is 2.60. The molecule has 1 atom stereocenters. The Kier molecular flexibility index (Phi) is 4.00. The summed E-state index contributed by atoms with van der Waals surface area (Å²) in [6.07, 6.45) is 3.44. The van der Waals surface area contributed by atoms with Crippen LogP contribution < -0.4 is 0 Å². The molecule has 2 rings (SSSR count). The molecule has 0 radical (unpaired) electrons. The molecule has 0 saturated heterocycles. The first kappa shape index (κ1) is 12.4. The van der Waals surface area contributed by atoms with Gasteiger partial charge >= 0.3 is 0 Å². The SMILES string of the molecule is COC1=Cc2ccccc2C(=O)CC1CCBr. The van der Waals surface area contributed by atoms with Gasteiger partial charge in [-0.2, -0.15) is 0 Å². The molecule has 0 amide bonds. The maximum absolute atomic E-state index is 12.1. The minimum atomic E-state index is 0.180. The van der Waals surface area contributed by atoms with Gasteiger partial charge in [-0.05, 0) is 18.1 Å². The zero-order valence-electron chi connectivity index (χ0n) is 9.78. The number of alkyl halides is 1. The second-order valence-corrected chi connectivity index (χ2v) is 4.93. The normalized spacial score (nSPS) is 19.3.